The van der Waals surface area contributed by atoms with Crippen LogP contribution in [0.5, 0.6) is 5.75 Å². The van der Waals surface area contributed by atoms with Crippen LogP contribution >= 0.6 is 0 Å². The zero-order chi connectivity index (χ0) is 17.9. The summed E-state index contributed by atoms with van der Waals surface area (Å²) in [7, 11) is 1.64. The third-order valence-electron chi connectivity index (χ3n) is 4.39. The molecule has 26 heavy (non-hydrogen) atoms. The highest BCUT2D eigenvalue weighted by Gasteiger charge is 2.14. The number of fused-ring (bicyclic) bond motifs is 1. The largest absolute Gasteiger partial charge is 0.497 e. The molecule has 2 heterocycles. The summed E-state index contributed by atoms with van der Waals surface area (Å²) in [6, 6.07) is 18.8. The van der Waals surface area contributed by atoms with Crippen LogP contribution in [-0.2, 0) is 13.0 Å². The Kier molecular flexibility index (Phi) is 4.27. The van der Waals surface area contributed by atoms with E-state index < -0.39 is 0 Å². The van der Waals surface area contributed by atoms with Gasteiger partial charge in [0.1, 0.15) is 5.75 Å². The summed E-state index contributed by atoms with van der Waals surface area (Å²) in [6.45, 7) is 0.513. The molecule has 0 N–H and O–H groups in total. The maximum atomic E-state index is 13.0. The van der Waals surface area contributed by atoms with Crippen molar-refractivity contribution in [1.82, 2.24) is 9.55 Å². The van der Waals surface area contributed by atoms with Gasteiger partial charge in [-0.05, 0) is 48.4 Å². The minimum Gasteiger partial charge on any atom is -0.497 e. The van der Waals surface area contributed by atoms with E-state index in [9.17, 15) is 4.79 Å². The Morgan fingerprint density at radius 2 is 1.85 bits per heavy atom. The molecule has 0 saturated heterocycles. The monoisotopic (exact) mass is 346 g/mol. The maximum absolute atomic E-state index is 13.0. The maximum Gasteiger partial charge on any atom is 0.261 e. The number of hydrogen-bond acceptors (Lipinski definition) is 4. The molecule has 0 unspecified atom stereocenters. The lowest BCUT2D eigenvalue weighted by Crippen LogP contribution is -2.24. The summed E-state index contributed by atoms with van der Waals surface area (Å²) >= 11 is 0. The van der Waals surface area contributed by atoms with Crippen LogP contribution in [0.25, 0.3) is 22.5 Å². The number of rotatable bonds is 5. The van der Waals surface area contributed by atoms with Gasteiger partial charge < -0.3 is 9.15 Å². The van der Waals surface area contributed by atoms with Gasteiger partial charge in [-0.2, -0.15) is 0 Å². The molecular weight excluding hydrogens is 328 g/mol. The Hall–Kier alpha value is -3.34. The second kappa shape index (κ2) is 6.88. The van der Waals surface area contributed by atoms with Crippen LogP contribution in [0.15, 0.2) is 76.1 Å². The number of para-hydroxylation sites is 1. The summed E-state index contributed by atoms with van der Waals surface area (Å²) in [6.07, 6.45) is 2.29. The lowest BCUT2D eigenvalue weighted by Gasteiger charge is -2.12. The van der Waals surface area contributed by atoms with Crippen molar-refractivity contribution in [2.45, 2.75) is 13.0 Å². The standard InChI is InChI=1S/C21H18N2O3/c1-25-16-10-8-15(9-11-16)12-13-23-20(19-7-4-14-26-19)22-18-6-3-2-5-17(18)21(23)24/h2-11,14H,12-13H2,1H3. The number of ether oxygens (including phenoxy) is 1. The summed E-state index contributed by atoms with van der Waals surface area (Å²) in [5.74, 6) is 1.95. The highest BCUT2D eigenvalue weighted by Crippen LogP contribution is 2.20. The molecule has 2 aromatic heterocycles. The molecule has 0 aliphatic rings. The number of nitrogens with zero attached hydrogens (tertiary/aromatic N) is 2. The molecule has 0 bridgehead atoms. The average molecular weight is 346 g/mol. The molecule has 0 amide bonds. The van der Waals surface area contributed by atoms with Gasteiger partial charge in [-0.25, -0.2) is 4.98 Å². The van der Waals surface area contributed by atoms with Crippen molar-refractivity contribution < 1.29 is 9.15 Å². The Morgan fingerprint density at radius 1 is 1.04 bits per heavy atom. The number of aryl methyl sites for hydroxylation is 1. The van der Waals surface area contributed by atoms with Crippen LogP contribution in [0.4, 0.5) is 0 Å². The van der Waals surface area contributed by atoms with E-state index in [-0.39, 0.29) is 5.56 Å². The second-order valence-corrected chi connectivity index (χ2v) is 5.98. The highest BCUT2D eigenvalue weighted by atomic mass is 16.5. The minimum atomic E-state index is -0.0597. The van der Waals surface area contributed by atoms with E-state index in [0.29, 0.717) is 35.5 Å². The third-order valence-corrected chi connectivity index (χ3v) is 4.39. The molecule has 0 atom stereocenters. The van der Waals surface area contributed by atoms with E-state index >= 15 is 0 Å². The molecule has 0 saturated carbocycles. The quantitative estimate of drug-likeness (QED) is 0.550. The van der Waals surface area contributed by atoms with E-state index in [1.54, 1.807) is 30.1 Å². The molecule has 0 aliphatic carbocycles. The number of aromatic nitrogens is 2. The van der Waals surface area contributed by atoms with E-state index in [1.807, 2.05) is 48.5 Å². The molecule has 0 spiro atoms. The zero-order valence-electron chi connectivity index (χ0n) is 14.4. The van der Waals surface area contributed by atoms with Gasteiger partial charge in [0.15, 0.2) is 11.6 Å². The Labute approximate surface area is 150 Å². The Morgan fingerprint density at radius 3 is 2.58 bits per heavy atom. The van der Waals surface area contributed by atoms with Gasteiger partial charge >= 0.3 is 0 Å². The number of methoxy groups -OCH3 is 1. The fourth-order valence-corrected chi connectivity index (χ4v) is 3.00. The van der Waals surface area contributed by atoms with Gasteiger partial charge in [0.2, 0.25) is 0 Å². The van der Waals surface area contributed by atoms with Crippen molar-refractivity contribution in [3.63, 3.8) is 0 Å². The summed E-state index contributed by atoms with van der Waals surface area (Å²) in [5, 5.41) is 0.609. The fraction of sp³-hybridized carbons (Fsp3) is 0.143. The smallest absolute Gasteiger partial charge is 0.261 e. The highest BCUT2D eigenvalue weighted by molar-refractivity contribution is 5.79. The van der Waals surface area contributed by atoms with Gasteiger partial charge in [-0.15, -0.1) is 0 Å². The number of hydrogen-bond donors (Lipinski definition) is 0. The van der Waals surface area contributed by atoms with E-state index in [0.717, 1.165) is 11.3 Å². The molecule has 5 heteroatoms. The predicted octanol–water partition coefficient (Wildman–Crippen LogP) is 3.91. The van der Waals surface area contributed by atoms with E-state index in [4.69, 9.17) is 9.15 Å². The first-order valence-corrected chi connectivity index (χ1v) is 8.42. The summed E-state index contributed by atoms with van der Waals surface area (Å²) in [4.78, 5) is 17.7. The number of furan rings is 1. The van der Waals surface area contributed by atoms with Crippen molar-refractivity contribution in [1.29, 1.82) is 0 Å². The SMILES string of the molecule is COc1ccc(CCn2c(-c3ccco3)nc3ccccc3c2=O)cc1. The molecule has 0 aliphatic heterocycles. The van der Waals surface area contributed by atoms with Gasteiger partial charge in [0.25, 0.3) is 5.56 Å². The van der Waals surface area contributed by atoms with Crippen LogP contribution in [0.1, 0.15) is 5.56 Å². The Balaban J connectivity index is 1.75. The molecule has 130 valence electrons. The van der Waals surface area contributed by atoms with Crippen molar-refractivity contribution in [3.05, 3.63) is 82.8 Å². The van der Waals surface area contributed by atoms with Crippen molar-refractivity contribution in [2.75, 3.05) is 7.11 Å². The van der Waals surface area contributed by atoms with Gasteiger partial charge in [-0.1, -0.05) is 24.3 Å². The average Bonchev–Trinajstić information content (AvgIpc) is 3.22. The molecule has 2 aromatic carbocycles. The van der Waals surface area contributed by atoms with Crippen molar-refractivity contribution in [3.8, 4) is 17.3 Å². The second-order valence-electron chi connectivity index (χ2n) is 5.98. The van der Waals surface area contributed by atoms with Crippen LogP contribution in [0, 0.1) is 0 Å². The van der Waals surface area contributed by atoms with Crippen LogP contribution < -0.4 is 10.3 Å². The molecule has 4 rings (SSSR count). The van der Waals surface area contributed by atoms with Gasteiger partial charge in [0, 0.05) is 6.54 Å². The first-order valence-electron chi connectivity index (χ1n) is 8.42. The summed E-state index contributed by atoms with van der Waals surface area (Å²) < 4.78 is 12.4. The lowest BCUT2D eigenvalue weighted by atomic mass is 10.1. The lowest BCUT2D eigenvalue weighted by molar-refractivity contribution is 0.414. The van der Waals surface area contributed by atoms with Crippen LogP contribution in [0.3, 0.4) is 0 Å². The zero-order valence-corrected chi connectivity index (χ0v) is 14.4. The van der Waals surface area contributed by atoms with Crippen LogP contribution in [-0.4, -0.2) is 16.7 Å². The minimum absolute atomic E-state index is 0.0597. The predicted molar refractivity (Wildman–Crippen MR) is 100 cm³/mol. The van der Waals surface area contributed by atoms with Crippen LogP contribution in [0.2, 0.25) is 0 Å². The van der Waals surface area contributed by atoms with Gasteiger partial charge in [-0.3, -0.25) is 9.36 Å². The number of benzene rings is 2. The summed E-state index contributed by atoms with van der Waals surface area (Å²) in [5.41, 5.74) is 1.73. The van der Waals surface area contributed by atoms with Gasteiger partial charge in [0.05, 0.1) is 24.3 Å². The molecule has 0 radical (unpaired) electrons. The normalized spacial score (nSPS) is 11.0. The molecule has 4 aromatic rings. The van der Waals surface area contributed by atoms with Crippen molar-refractivity contribution in [2.24, 2.45) is 0 Å². The fourth-order valence-electron chi connectivity index (χ4n) is 3.00. The first-order chi connectivity index (χ1) is 12.8. The topological polar surface area (TPSA) is 57.3 Å². The molecular formula is C21H18N2O3. The first kappa shape index (κ1) is 16.1. The van der Waals surface area contributed by atoms with E-state index in [1.165, 1.54) is 0 Å². The molecule has 5 nitrogen and oxygen atoms in total. The van der Waals surface area contributed by atoms with Crippen molar-refractivity contribution >= 4 is 10.9 Å². The van der Waals surface area contributed by atoms with E-state index in [2.05, 4.69) is 4.98 Å². The Bertz CT molecular complexity index is 1080. The third kappa shape index (κ3) is 2.99. The molecule has 0 fully saturated rings.